The largest absolute Gasteiger partial charge is 0.326 e. The van der Waals surface area contributed by atoms with E-state index in [0.717, 1.165) is 11.1 Å². The predicted octanol–water partition coefficient (Wildman–Crippen LogP) is 3.91. The van der Waals surface area contributed by atoms with Gasteiger partial charge in [-0.05, 0) is 55.3 Å². The quantitative estimate of drug-likeness (QED) is 0.816. The van der Waals surface area contributed by atoms with Crippen molar-refractivity contribution in [3.63, 3.8) is 0 Å². The lowest BCUT2D eigenvalue weighted by Gasteiger charge is -2.21. The van der Waals surface area contributed by atoms with E-state index < -0.39 is 0 Å². The Bertz CT molecular complexity index is 856. The Morgan fingerprint density at radius 3 is 2.15 bits per heavy atom. The fourth-order valence-corrected chi connectivity index (χ4v) is 3.08. The lowest BCUT2D eigenvalue weighted by atomic mass is 10.1. The van der Waals surface area contributed by atoms with E-state index in [-0.39, 0.29) is 24.3 Å². The van der Waals surface area contributed by atoms with Gasteiger partial charge in [0, 0.05) is 25.2 Å². The number of carbonyl (C=O) groups excluding carboxylic acids is 3. The minimum Gasteiger partial charge on any atom is -0.326 e. The van der Waals surface area contributed by atoms with Crippen molar-refractivity contribution in [2.24, 2.45) is 0 Å². The average Bonchev–Trinajstić information content (AvgIpc) is 2.56. The summed E-state index contributed by atoms with van der Waals surface area (Å²) in [5.74, 6) is -0.815. The topological polar surface area (TPSA) is 78.5 Å². The Morgan fingerprint density at radius 1 is 1.00 bits per heavy atom. The molecule has 0 heterocycles. The third-order valence-electron chi connectivity index (χ3n) is 3.88. The first-order valence-corrected chi connectivity index (χ1v) is 8.77. The molecule has 0 aliphatic heterocycles. The molecule has 0 saturated carbocycles. The van der Waals surface area contributed by atoms with E-state index in [2.05, 4.69) is 10.6 Å². The molecule has 2 rings (SSSR count). The summed E-state index contributed by atoms with van der Waals surface area (Å²) in [5.41, 5.74) is 3.55. The van der Waals surface area contributed by atoms with Gasteiger partial charge in [0.05, 0.1) is 10.7 Å². The zero-order valence-electron chi connectivity index (χ0n) is 15.7. The van der Waals surface area contributed by atoms with Crippen LogP contribution in [0.3, 0.4) is 0 Å². The Kier molecular flexibility index (Phi) is 6.58. The molecule has 0 aliphatic carbocycles. The van der Waals surface area contributed by atoms with E-state index in [0.29, 0.717) is 22.1 Å². The van der Waals surface area contributed by atoms with E-state index in [1.54, 1.807) is 30.3 Å². The number of halogens is 1. The van der Waals surface area contributed by atoms with E-state index in [4.69, 9.17) is 11.6 Å². The van der Waals surface area contributed by atoms with Crippen molar-refractivity contribution in [1.82, 2.24) is 0 Å². The first-order valence-electron chi connectivity index (χ1n) is 8.39. The van der Waals surface area contributed by atoms with Gasteiger partial charge in [-0.3, -0.25) is 14.4 Å². The van der Waals surface area contributed by atoms with Crippen molar-refractivity contribution in [1.29, 1.82) is 0 Å². The Labute approximate surface area is 163 Å². The molecule has 6 nitrogen and oxygen atoms in total. The summed E-state index contributed by atoms with van der Waals surface area (Å²) in [7, 11) is 0. The van der Waals surface area contributed by atoms with Crippen LogP contribution < -0.4 is 15.5 Å². The van der Waals surface area contributed by atoms with Gasteiger partial charge in [-0.15, -0.1) is 0 Å². The number of aryl methyl sites for hydroxylation is 2. The molecule has 0 atom stereocenters. The molecule has 3 amide bonds. The maximum Gasteiger partial charge on any atom is 0.244 e. The number of rotatable bonds is 5. The van der Waals surface area contributed by atoms with Gasteiger partial charge in [-0.2, -0.15) is 0 Å². The van der Waals surface area contributed by atoms with E-state index in [9.17, 15) is 14.4 Å². The summed E-state index contributed by atoms with van der Waals surface area (Å²) in [6.45, 7) is 6.43. The number of nitrogens with one attached hydrogen (secondary N) is 2. The van der Waals surface area contributed by atoms with E-state index in [1.165, 1.54) is 18.7 Å². The molecule has 2 aromatic carbocycles. The number of nitrogens with zero attached hydrogens (tertiary/aromatic N) is 1. The summed E-state index contributed by atoms with van der Waals surface area (Å²) >= 11 is 6.22. The minimum atomic E-state index is -0.356. The highest BCUT2D eigenvalue weighted by atomic mass is 35.5. The van der Waals surface area contributed by atoms with Crippen molar-refractivity contribution >= 4 is 46.4 Å². The van der Waals surface area contributed by atoms with Crippen LogP contribution in [0.4, 0.5) is 17.1 Å². The normalized spacial score (nSPS) is 10.3. The summed E-state index contributed by atoms with van der Waals surface area (Å²) in [4.78, 5) is 37.0. The third kappa shape index (κ3) is 5.56. The molecule has 142 valence electrons. The van der Waals surface area contributed by atoms with Crippen molar-refractivity contribution in [2.75, 3.05) is 22.1 Å². The van der Waals surface area contributed by atoms with Crippen molar-refractivity contribution in [3.05, 3.63) is 52.5 Å². The fourth-order valence-electron chi connectivity index (χ4n) is 2.71. The molecule has 0 fully saturated rings. The highest BCUT2D eigenvalue weighted by molar-refractivity contribution is 6.34. The molecule has 0 aromatic heterocycles. The lowest BCUT2D eigenvalue weighted by molar-refractivity contribution is -0.120. The van der Waals surface area contributed by atoms with Crippen LogP contribution in [0.25, 0.3) is 0 Å². The summed E-state index contributed by atoms with van der Waals surface area (Å²) in [5, 5.41) is 5.88. The van der Waals surface area contributed by atoms with Gasteiger partial charge in [0.2, 0.25) is 17.7 Å². The molecule has 0 spiro atoms. The van der Waals surface area contributed by atoms with Crippen LogP contribution in [0.2, 0.25) is 5.02 Å². The second-order valence-electron chi connectivity index (χ2n) is 6.32. The predicted molar refractivity (Wildman–Crippen MR) is 108 cm³/mol. The smallest absolute Gasteiger partial charge is 0.244 e. The first-order chi connectivity index (χ1) is 12.7. The van der Waals surface area contributed by atoms with Gasteiger partial charge in [0.1, 0.15) is 6.54 Å². The highest BCUT2D eigenvalue weighted by Gasteiger charge is 2.17. The van der Waals surface area contributed by atoms with Gasteiger partial charge >= 0.3 is 0 Å². The monoisotopic (exact) mass is 387 g/mol. The average molecular weight is 388 g/mol. The molecule has 0 bridgehead atoms. The third-order valence-corrected chi connectivity index (χ3v) is 4.18. The highest BCUT2D eigenvalue weighted by Crippen LogP contribution is 2.27. The number of hydrogen-bond acceptors (Lipinski definition) is 3. The van der Waals surface area contributed by atoms with E-state index >= 15 is 0 Å². The number of amides is 3. The molecule has 27 heavy (non-hydrogen) atoms. The molecule has 2 aromatic rings. The van der Waals surface area contributed by atoms with Gasteiger partial charge in [-0.1, -0.05) is 17.7 Å². The maximum absolute atomic E-state index is 12.5. The number of anilines is 3. The van der Waals surface area contributed by atoms with Gasteiger partial charge in [0.25, 0.3) is 0 Å². The van der Waals surface area contributed by atoms with Crippen LogP contribution in [0, 0.1) is 13.8 Å². The standard InChI is InChI=1S/C20H22ClN3O3/c1-12-9-13(2)20(18(21)10-12)23-19(27)11-24(15(4)26)17-7-5-16(6-8-17)22-14(3)25/h5-10H,11H2,1-4H3,(H,22,25)(H,23,27). The van der Waals surface area contributed by atoms with Gasteiger partial charge in [-0.25, -0.2) is 0 Å². The summed E-state index contributed by atoms with van der Waals surface area (Å²) < 4.78 is 0. The van der Waals surface area contributed by atoms with Crippen LogP contribution in [0.5, 0.6) is 0 Å². The number of benzene rings is 2. The second-order valence-corrected chi connectivity index (χ2v) is 6.73. The van der Waals surface area contributed by atoms with Crippen LogP contribution in [-0.2, 0) is 14.4 Å². The molecule has 2 N–H and O–H groups in total. The maximum atomic E-state index is 12.5. The van der Waals surface area contributed by atoms with Gasteiger partial charge in [0.15, 0.2) is 0 Å². The van der Waals surface area contributed by atoms with Crippen molar-refractivity contribution < 1.29 is 14.4 Å². The molecule has 7 heteroatoms. The first kappa shape index (κ1) is 20.5. The number of hydrogen-bond donors (Lipinski definition) is 2. The Hall–Kier alpha value is -2.86. The van der Waals surface area contributed by atoms with Crippen molar-refractivity contribution in [3.8, 4) is 0 Å². The van der Waals surface area contributed by atoms with Crippen LogP contribution in [0.15, 0.2) is 36.4 Å². The molecule has 0 unspecified atom stereocenters. The summed E-state index contributed by atoms with van der Waals surface area (Å²) in [6, 6.07) is 10.4. The lowest BCUT2D eigenvalue weighted by Crippen LogP contribution is -2.36. The minimum absolute atomic E-state index is 0.154. The van der Waals surface area contributed by atoms with Crippen LogP contribution in [-0.4, -0.2) is 24.3 Å². The van der Waals surface area contributed by atoms with Crippen LogP contribution >= 0.6 is 11.6 Å². The molecule has 0 saturated heterocycles. The molecule has 0 radical (unpaired) electrons. The van der Waals surface area contributed by atoms with E-state index in [1.807, 2.05) is 19.9 Å². The molecule has 0 aliphatic rings. The fraction of sp³-hybridized carbons (Fsp3) is 0.250. The Balaban J connectivity index is 2.15. The van der Waals surface area contributed by atoms with Gasteiger partial charge < -0.3 is 15.5 Å². The second kappa shape index (κ2) is 8.68. The van der Waals surface area contributed by atoms with Crippen molar-refractivity contribution in [2.45, 2.75) is 27.7 Å². The molecular formula is C20H22ClN3O3. The zero-order chi connectivity index (χ0) is 20.1. The number of carbonyl (C=O) groups is 3. The SMILES string of the molecule is CC(=O)Nc1ccc(N(CC(=O)Nc2c(C)cc(C)cc2Cl)C(C)=O)cc1. The zero-order valence-corrected chi connectivity index (χ0v) is 16.5. The van der Waals surface area contributed by atoms with Crippen LogP contribution in [0.1, 0.15) is 25.0 Å². The Morgan fingerprint density at radius 2 is 1.63 bits per heavy atom. The summed E-state index contributed by atoms with van der Waals surface area (Å²) in [6.07, 6.45) is 0. The molecular weight excluding hydrogens is 366 g/mol.